The second kappa shape index (κ2) is 3.44. The summed E-state index contributed by atoms with van der Waals surface area (Å²) in [5.74, 6) is 5.69. The van der Waals surface area contributed by atoms with Gasteiger partial charge in [0.2, 0.25) is 0 Å². The number of hydrazine groups is 1. The van der Waals surface area contributed by atoms with Crippen molar-refractivity contribution in [3.63, 3.8) is 0 Å². The summed E-state index contributed by atoms with van der Waals surface area (Å²) in [7, 11) is 1.80. The molecule has 1 aromatic carbocycles. The summed E-state index contributed by atoms with van der Waals surface area (Å²) in [5.41, 5.74) is 1.79. The molecule has 1 aromatic heterocycles. The van der Waals surface area contributed by atoms with Gasteiger partial charge in [0.1, 0.15) is 0 Å². The van der Waals surface area contributed by atoms with Crippen molar-refractivity contribution in [2.45, 2.75) is 0 Å². The molecule has 0 saturated carbocycles. The van der Waals surface area contributed by atoms with Crippen molar-refractivity contribution in [2.75, 3.05) is 12.1 Å². The zero-order valence-corrected chi connectivity index (χ0v) is 8.49. The molecule has 14 heavy (non-hydrogen) atoms. The van der Waals surface area contributed by atoms with Gasteiger partial charge in [-0.1, -0.05) is 11.6 Å². The maximum absolute atomic E-state index is 5.87. The molecule has 0 fully saturated rings. The van der Waals surface area contributed by atoms with Crippen molar-refractivity contribution < 1.29 is 0 Å². The third-order valence-electron chi connectivity index (χ3n) is 2.06. The Hall–Kier alpha value is -1.32. The number of fused-ring (bicyclic) bond motifs is 1. The van der Waals surface area contributed by atoms with Crippen molar-refractivity contribution >= 4 is 28.2 Å². The first-order valence-electron chi connectivity index (χ1n) is 4.21. The lowest BCUT2D eigenvalue weighted by molar-refractivity contribution is 1.02. The van der Waals surface area contributed by atoms with Gasteiger partial charge in [0, 0.05) is 23.7 Å². The lowest BCUT2D eigenvalue weighted by atomic mass is 10.2. The van der Waals surface area contributed by atoms with Crippen molar-refractivity contribution in [2.24, 2.45) is 5.84 Å². The topological polar surface area (TPSA) is 42.1 Å². The van der Waals surface area contributed by atoms with Gasteiger partial charge in [0.15, 0.2) is 0 Å². The number of aromatic nitrogens is 1. The van der Waals surface area contributed by atoms with Crippen LogP contribution in [0.15, 0.2) is 30.5 Å². The zero-order chi connectivity index (χ0) is 10.1. The number of pyridine rings is 1. The van der Waals surface area contributed by atoms with Crippen LogP contribution in [0.1, 0.15) is 0 Å². The third-order valence-corrected chi connectivity index (χ3v) is 2.30. The van der Waals surface area contributed by atoms with E-state index in [9.17, 15) is 0 Å². The highest BCUT2D eigenvalue weighted by Crippen LogP contribution is 2.25. The van der Waals surface area contributed by atoms with E-state index in [1.54, 1.807) is 18.3 Å². The summed E-state index contributed by atoms with van der Waals surface area (Å²) < 4.78 is 0. The van der Waals surface area contributed by atoms with Crippen LogP contribution >= 0.6 is 11.6 Å². The lowest BCUT2D eigenvalue weighted by Gasteiger charge is -2.14. The molecule has 4 heteroatoms. The van der Waals surface area contributed by atoms with Gasteiger partial charge in [-0.05, 0) is 24.3 Å². The first-order chi connectivity index (χ1) is 6.68. The number of nitrogens with zero attached hydrogens (tertiary/aromatic N) is 2. The van der Waals surface area contributed by atoms with E-state index in [1.807, 2.05) is 24.3 Å². The molecule has 0 bridgehead atoms. The Morgan fingerprint density at radius 2 is 2.14 bits per heavy atom. The molecule has 2 N–H and O–H groups in total. The maximum Gasteiger partial charge on any atom is 0.0738 e. The lowest BCUT2D eigenvalue weighted by Crippen LogP contribution is -2.25. The Morgan fingerprint density at radius 1 is 1.36 bits per heavy atom. The molecule has 0 aliphatic rings. The molecular formula is C10H10ClN3. The molecule has 0 radical (unpaired) electrons. The molecule has 3 nitrogen and oxygen atoms in total. The van der Waals surface area contributed by atoms with Crippen molar-refractivity contribution in [1.82, 2.24) is 4.98 Å². The second-order valence-electron chi connectivity index (χ2n) is 3.10. The SMILES string of the molecule is CN(N)c1ccnc2cc(Cl)ccc12. The average Bonchev–Trinajstić information content (AvgIpc) is 2.16. The van der Waals surface area contributed by atoms with E-state index in [4.69, 9.17) is 17.4 Å². The summed E-state index contributed by atoms with van der Waals surface area (Å²) in [4.78, 5) is 4.22. The number of anilines is 1. The molecule has 1 heterocycles. The van der Waals surface area contributed by atoms with Crippen molar-refractivity contribution in [3.05, 3.63) is 35.5 Å². The Labute approximate surface area is 87.1 Å². The predicted octanol–water partition coefficient (Wildman–Crippen LogP) is 2.20. The van der Waals surface area contributed by atoms with Gasteiger partial charge in [-0.15, -0.1) is 0 Å². The molecule has 0 spiro atoms. The van der Waals surface area contributed by atoms with E-state index < -0.39 is 0 Å². The minimum absolute atomic E-state index is 0.682. The van der Waals surface area contributed by atoms with E-state index in [0.29, 0.717) is 5.02 Å². The standard InChI is InChI=1S/C10H10ClN3/c1-14(12)10-4-5-13-9-6-7(11)2-3-8(9)10/h2-6H,12H2,1H3. The van der Waals surface area contributed by atoms with Crippen LogP contribution in [0.25, 0.3) is 10.9 Å². The first kappa shape index (κ1) is 9.24. The van der Waals surface area contributed by atoms with Crippen LogP contribution < -0.4 is 10.9 Å². The minimum Gasteiger partial charge on any atom is -0.313 e. The van der Waals surface area contributed by atoms with Crippen molar-refractivity contribution in [1.29, 1.82) is 0 Å². The summed E-state index contributed by atoms with van der Waals surface area (Å²) in [6, 6.07) is 7.45. The van der Waals surface area contributed by atoms with Crippen LogP contribution in [-0.4, -0.2) is 12.0 Å². The fourth-order valence-corrected chi connectivity index (χ4v) is 1.58. The summed E-state index contributed by atoms with van der Waals surface area (Å²) in [6.07, 6.45) is 1.72. The molecule has 2 aromatic rings. The van der Waals surface area contributed by atoms with Gasteiger partial charge in [-0.3, -0.25) is 4.98 Å². The fraction of sp³-hybridized carbons (Fsp3) is 0.100. The molecule has 0 aliphatic carbocycles. The van der Waals surface area contributed by atoms with Gasteiger partial charge >= 0.3 is 0 Å². The number of benzene rings is 1. The van der Waals surface area contributed by atoms with Crippen molar-refractivity contribution in [3.8, 4) is 0 Å². The summed E-state index contributed by atoms with van der Waals surface area (Å²) in [6.45, 7) is 0. The Bertz CT molecular complexity index is 468. The van der Waals surface area contributed by atoms with Crippen LogP contribution in [0, 0.1) is 0 Å². The molecule has 0 amide bonds. The Kier molecular flexibility index (Phi) is 2.27. The summed E-state index contributed by atoms with van der Waals surface area (Å²) >= 11 is 5.87. The Balaban J connectivity index is 2.75. The van der Waals surface area contributed by atoms with E-state index in [-0.39, 0.29) is 0 Å². The minimum atomic E-state index is 0.682. The number of hydrogen-bond acceptors (Lipinski definition) is 3. The maximum atomic E-state index is 5.87. The van der Waals surface area contributed by atoms with E-state index in [0.717, 1.165) is 16.6 Å². The van der Waals surface area contributed by atoms with E-state index in [1.165, 1.54) is 0 Å². The molecule has 72 valence electrons. The van der Waals surface area contributed by atoms with Crippen LogP contribution in [0.3, 0.4) is 0 Å². The molecular weight excluding hydrogens is 198 g/mol. The average molecular weight is 208 g/mol. The normalized spacial score (nSPS) is 10.5. The van der Waals surface area contributed by atoms with Gasteiger partial charge in [-0.25, -0.2) is 5.84 Å². The number of halogens is 1. The number of rotatable bonds is 1. The number of nitrogens with two attached hydrogens (primary N) is 1. The van der Waals surface area contributed by atoms with Crippen LogP contribution in [0.5, 0.6) is 0 Å². The molecule has 0 aliphatic heterocycles. The largest absolute Gasteiger partial charge is 0.313 e. The third kappa shape index (κ3) is 1.52. The van der Waals surface area contributed by atoms with Crippen LogP contribution in [-0.2, 0) is 0 Å². The Morgan fingerprint density at radius 3 is 2.86 bits per heavy atom. The second-order valence-corrected chi connectivity index (χ2v) is 3.54. The van der Waals surface area contributed by atoms with E-state index >= 15 is 0 Å². The zero-order valence-electron chi connectivity index (χ0n) is 7.74. The van der Waals surface area contributed by atoms with Crippen LogP contribution in [0.2, 0.25) is 5.02 Å². The van der Waals surface area contributed by atoms with E-state index in [2.05, 4.69) is 4.98 Å². The first-order valence-corrected chi connectivity index (χ1v) is 4.59. The molecule has 0 atom stereocenters. The predicted molar refractivity (Wildman–Crippen MR) is 59.3 cm³/mol. The van der Waals surface area contributed by atoms with Gasteiger partial charge in [0.05, 0.1) is 11.2 Å². The highest BCUT2D eigenvalue weighted by Gasteiger charge is 2.03. The smallest absolute Gasteiger partial charge is 0.0738 e. The highest BCUT2D eigenvalue weighted by atomic mass is 35.5. The van der Waals surface area contributed by atoms with Gasteiger partial charge in [-0.2, -0.15) is 0 Å². The number of hydrogen-bond donors (Lipinski definition) is 1. The van der Waals surface area contributed by atoms with Gasteiger partial charge < -0.3 is 5.01 Å². The molecule has 0 saturated heterocycles. The molecule has 0 unspecified atom stereocenters. The summed E-state index contributed by atoms with van der Waals surface area (Å²) in [5, 5.41) is 3.25. The molecule has 2 rings (SSSR count). The fourth-order valence-electron chi connectivity index (χ4n) is 1.41. The highest BCUT2D eigenvalue weighted by molar-refractivity contribution is 6.31. The van der Waals surface area contributed by atoms with Gasteiger partial charge in [0.25, 0.3) is 0 Å². The monoisotopic (exact) mass is 207 g/mol. The van der Waals surface area contributed by atoms with Crippen LogP contribution in [0.4, 0.5) is 5.69 Å². The quantitative estimate of drug-likeness (QED) is 0.576.